The van der Waals surface area contributed by atoms with Crippen molar-refractivity contribution in [1.29, 1.82) is 0 Å². The van der Waals surface area contributed by atoms with Crippen molar-refractivity contribution in [2.24, 2.45) is 0 Å². The van der Waals surface area contributed by atoms with E-state index in [4.69, 9.17) is 0 Å². The summed E-state index contributed by atoms with van der Waals surface area (Å²) in [4.78, 5) is 26.0. The number of fused-ring (bicyclic) bond motifs is 1. The van der Waals surface area contributed by atoms with Crippen molar-refractivity contribution < 1.29 is 4.79 Å². The molecule has 1 amide bonds. The molecule has 0 spiro atoms. The second-order valence-electron chi connectivity index (χ2n) is 6.89. The van der Waals surface area contributed by atoms with Crippen LogP contribution in [-0.4, -0.2) is 31.8 Å². The van der Waals surface area contributed by atoms with Crippen LogP contribution in [0.3, 0.4) is 0 Å². The third-order valence-corrected chi connectivity index (χ3v) is 5.80. The molecule has 30 heavy (non-hydrogen) atoms. The van der Waals surface area contributed by atoms with Crippen LogP contribution in [0.5, 0.6) is 0 Å². The number of carbonyl (C=O) groups excluding carboxylic acids is 1. The Bertz CT molecular complexity index is 1290. The second kappa shape index (κ2) is 7.96. The Morgan fingerprint density at radius 3 is 2.87 bits per heavy atom. The minimum Gasteiger partial charge on any atom is -0.352 e. The average Bonchev–Trinajstić information content (AvgIpc) is 3.53. The number of benzene rings is 1. The fraction of sp³-hybridized carbons (Fsp3) is 0.0870. The summed E-state index contributed by atoms with van der Waals surface area (Å²) in [5.74, 6) is -0.112. The number of carbonyl (C=O) groups is 1. The molecule has 1 aromatic carbocycles. The molecule has 0 aliphatic rings. The van der Waals surface area contributed by atoms with Crippen LogP contribution in [0.15, 0.2) is 78.7 Å². The lowest BCUT2D eigenvalue weighted by Crippen LogP contribution is -2.26. The van der Waals surface area contributed by atoms with E-state index in [9.17, 15) is 4.79 Å². The molecule has 2 N–H and O–H groups in total. The van der Waals surface area contributed by atoms with Crippen molar-refractivity contribution in [3.63, 3.8) is 0 Å². The summed E-state index contributed by atoms with van der Waals surface area (Å²) in [5.41, 5.74) is 5.24. The summed E-state index contributed by atoms with van der Waals surface area (Å²) < 4.78 is 1.93. The lowest BCUT2D eigenvalue weighted by molar-refractivity contribution is 0.0954. The molecular formula is C23H19N5OS. The number of aromatic amines is 1. The fourth-order valence-corrected chi connectivity index (χ4v) is 4.16. The molecule has 5 rings (SSSR count). The van der Waals surface area contributed by atoms with Crippen LogP contribution in [0.1, 0.15) is 16.1 Å². The van der Waals surface area contributed by atoms with Crippen molar-refractivity contribution in [3.8, 4) is 21.8 Å². The van der Waals surface area contributed by atoms with Gasteiger partial charge in [0.05, 0.1) is 16.9 Å². The maximum atomic E-state index is 12.6. The van der Waals surface area contributed by atoms with E-state index in [1.54, 1.807) is 17.7 Å². The number of rotatable bonds is 6. The molecule has 4 aromatic heterocycles. The molecular weight excluding hydrogens is 394 g/mol. The van der Waals surface area contributed by atoms with Gasteiger partial charge in [0.25, 0.3) is 5.91 Å². The molecule has 148 valence electrons. The first-order valence-corrected chi connectivity index (χ1v) is 10.5. The summed E-state index contributed by atoms with van der Waals surface area (Å²) in [6.07, 6.45) is 6.22. The highest BCUT2D eigenvalue weighted by Gasteiger charge is 2.12. The van der Waals surface area contributed by atoms with Gasteiger partial charge in [-0.25, -0.2) is 9.97 Å². The smallest absolute Gasteiger partial charge is 0.251 e. The Hall–Kier alpha value is -3.71. The third-order valence-electron chi connectivity index (χ3n) is 4.93. The minimum absolute atomic E-state index is 0.112. The number of nitrogens with zero attached hydrogens (tertiary/aromatic N) is 3. The van der Waals surface area contributed by atoms with Crippen molar-refractivity contribution in [2.75, 3.05) is 6.54 Å². The molecule has 0 unspecified atom stereocenters. The first-order valence-electron chi connectivity index (χ1n) is 9.66. The maximum Gasteiger partial charge on any atom is 0.251 e. The van der Waals surface area contributed by atoms with Crippen LogP contribution in [0.25, 0.3) is 27.5 Å². The minimum atomic E-state index is -0.112. The topological polar surface area (TPSA) is 75.1 Å². The molecule has 0 atom stereocenters. The molecule has 0 saturated heterocycles. The van der Waals surface area contributed by atoms with Crippen LogP contribution in [0, 0.1) is 0 Å². The highest BCUT2D eigenvalue weighted by molar-refractivity contribution is 7.13. The Labute approximate surface area is 177 Å². The van der Waals surface area contributed by atoms with E-state index < -0.39 is 0 Å². The molecule has 5 aromatic rings. The maximum absolute atomic E-state index is 12.6. The third kappa shape index (κ3) is 3.62. The zero-order valence-corrected chi connectivity index (χ0v) is 16.9. The fourth-order valence-electron chi connectivity index (χ4n) is 3.41. The molecule has 0 bridgehead atoms. The molecule has 4 heterocycles. The molecule has 6 nitrogen and oxygen atoms in total. The Morgan fingerprint density at radius 1 is 1.13 bits per heavy atom. The normalized spacial score (nSPS) is 11.1. The van der Waals surface area contributed by atoms with Gasteiger partial charge in [0.1, 0.15) is 11.3 Å². The largest absolute Gasteiger partial charge is 0.352 e. The zero-order valence-electron chi connectivity index (χ0n) is 16.1. The van der Waals surface area contributed by atoms with E-state index in [0.717, 1.165) is 33.2 Å². The Morgan fingerprint density at radius 2 is 2.03 bits per heavy atom. The number of nitrogens with one attached hydrogen (secondary N) is 2. The van der Waals surface area contributed by atoms with Crippen LogP contribution >= 0.6 is 11.3 Å². The van der Waals surface area contributed by atoms with E-state index in [0.29, 0.717) is 18.5 Å². The zero-order chi connectivity index (χ0) is 20.3. The van der Waals surface area contributed by atoms with Gasteiger partial charge in [-0.1, -0.05) is 36.4 Å². The van der Waals surface area contributed by atoms with Gasteiger partial charge in [-0.05, 0) is 23.6 Å². The Balaban J connectivity index is 1.27. The highest BCUT2D eigenvalue weighted by Crippen LogP contribution is 2.25. The Kier molecular flexibility index (Phi) is 4.86. The van der Waals surface area contributed by atoms with Crippen molar-refractivity contribution in [1.82, 2.24) is 24.7 Å². The highest BCUT2D eigenvalue weighted by atomic mass is 32.1. The van der Waals surface area contributed by atoms with Crippen LogP contribution in [-0.2, 0) is 6.42 Å². The van der Waals surface area contributed by atoms with Crippen molar-refractivity contribution in [2.45, 2.75) is 6.42 Å². The van der Waals surface area contributed by atoms with E-state index in [1.807, 2.05) is 76.8 Å². The summed E-state index contributed by atoms with van der Waals surface area (Å²) in [5, 5.41) is 5.02. The lowest BCUT2D eigenvalue weighted by atomic mass is 10.2. The standard InChI is InChI=1S/C23H19N5OS/c29-23(24-10-8-18-22(26-15-25-18)20-7-4-12-30-20)17-9-11-28-14-19(27-21(28)13-17)16-5-2-1-3-6-16/h1-7,9,11-15H,8,10H2,(H,24,29)(H,25,26). The first kappa shape index (κ1) is 18.3. The number of hydrogen-bond donors (Lipinski definition) is 2. The van der Waals surface area contributed by atoms with Crippen LogP contribution in [0.2, 0.25) is 0 Å². The summed E-state index contributed by atoms with van der Waals surface area (Å²) >= 11 is 1.65. The SMILES string of the molecule is O=C(NCCc1[nH]cnc1-c1cccs1)c1ccn2cc(-c3ccccc3)nc2c1. The van der Waals surface area contributed by atoms with Gasteiger partial charge in [0, 0.05) is 42.2 Å². The van der Waals surface area contributed by atoms with Crippen LogP contribution in [0.4, 0.5) is 0 Å². The second-order valence-corrected chi connectivity index (χ2v) is 7.83. The van der Waals surface area contributed by atoms with Gasteiger partial charge < -0.3 is 14.7 Å². The van der Waals surface area contributed by atoms with Gasteiger partial charge in [0.2, 0.25) is 0 Å². The molecule has 7 heteroatoms. The number of thiophene rings is 1. The number of imidazole rings is 2. The molecule has 0 aliphatic carbocycles. The lowest BCUT2D eigenvalue weighted by Gasteiger charge is -2.06. The van der Waals surface area contributed by atoms with Gasteiger partial charge >= 0.3 is 0 Å². The number of aromatic nitrogens is 4. The monoisotopic (exact) mass is 413 g/mol. The number of amides is 1. The predicted octanol–water partition coefficient (Wildman–Crippen LogP) is 4.43. The quantitative estimate of drug-likeness (QED) is 0.433. The van der Waals surface area contributed by atoms with Gasteiger partial charge in [0.15, 0.2) is 0 Å². The summed E-state index contributed by atoms with van der Waals surface area (Å²) in [6, 6.07) is 17.7. The van der Waals surface area contributed by atoms with E-state index in [2.05, 4.69) is 20.3 Å². The predicted molar refractivity (Wildman–Crippen MR) is 119 cm³/mol. The van der Waals surface area contributed by atoms with Crippen LogP contribution < -0.4 is 5.32 Å². The van der Waals surface area contributed by atoms with Crippen molar-refractivity contribution >= 4 is 22.9 Å². The van der Waals surface area contributed by atoms with Crippen molar-refractivity contribution in [3.05, 3.63) is 90.0 Å². The number of H-pyrrole nitrogens is 1. The first-order chi connectivity index (χ1) is 14.8. The molecule has 0 radical (unpaired) electrons. The molecule has 0 aliphatic heterocycles. The van der Waals surface area contributed by atoms with E-state index >= 15 is 0 Å². The van der Waals surface area contributed by atoms with Gasteiger partial charge in [-0.3, -0.25) is 4.79 Å². The molecule has 0 fully saturated rings. The summed E-state index contributed by atoms with van der Waals surface area (Å²) in [7, 11) is 0. The summed E-state index contributed by atoms with van der Waals surface area (Å²) in [6.45, 7) is 0.522. The number of pyridine rings is 1. The van der Waals surface area contributed by atoms with Gasteiger partial charge in [-0.15, -0.1) is 11.3 Å². The van der Waals surface area contributed by atoms with Gasteiger partial charge in [-0.2, -0.15) is 0 Å². The van der Waals surface area contributed by atoms with E-state index in [1.165, 1.54) is 0 Å². The average molecular weight is 414 g/mol. The number of hydrogen-bond acceptors (Lipinski definition) is 4. The van der Waals surface area contributed by atoms with E-state index in [-0.39, 0.29) is 5.91 Å². The molecule has 0 saturated carbocycles.